The van der Waals surface area contributed by atoms with Gasteiger partial charge < -0.3 is 10.2 Å². The number of hydrogen-bond acceptors (Lipinski definition) is 6. The molecular formula is C25H34N4O6S. The van der Waals surface area contributed by atoms with Crippen molar-refractivity contribution in [3.8, 4) is 0 Å². The second-order valence-electron chi connectivity index (χ2n) is 8.80. The molecule has 0 radical (unpaired) electrons. The largest absolute Gasteiger partial charge is 0.352 e. The number of benzene rings is 2. The van der Waals surface area contributed by atoms with Crippen LogP contribution in [0.1, 0.15) is 44.7 Å². The molecule has 0 saturated carbocycles. The van der Waals surface area contributed by atoms with Gasteiger partial charge in [0.1, 0.15) is 12.6 Å². The first-order valence-electron chi connectivity index (χ1n) is 11.7. The van der Waals surface area contributed by atoms with Crippen molar-refractivity contribution in [2.45, 2.75) is 59.2 Å². The van der Waals surface area contributed by atoms with E-state index in [-0.39, 0.29) is 29.9 Å². The standard InChI is InChI=1S/C25H34N4O6S/c1-6-19(4)26-25(31)23(7-2)27(16-20-13-11-18(3)12-14-20)24(30)17-28(36(5,34)35)21-9-8-10-22(15-21)29(32)33/h8-15,19,23H,6-7,16-17H2,1-5H3,(H,26,31)/t19-,23-/m0/s1. The highest BCUT2D eigenvalue weighted by molar-refractivity contribution is 7.92. The zero-order valence-electron chi connectivity index (χ0n) is 21.3. The molecule has 0 bridgehead atoms. The van der Waals surface area contributed by atoms with E-state index in [9.17, 15) is 28.1 Å². The summed E-state index contributed by atoms with van der Waals surface area (Å²) >= 11 is 0. The highest BCUT2D eigenvalue weighted by Gasteiger charge is 2.32. The average Bonchev–Trinajstić information content (AvgIpc) is 2.82. The van der Waals surface area contributed by atoms with Crippen molar-refractivity contribution in [3.63, 3.8) is 0 Å². The molecule has 10 nitrogen and oxygen atoms in total. The Balaban J connectivity index is 2.47. The number of amides is 2. The van der Waals surface area contributed by atoms with E-state index in [1.807, 2.05) is 45.0 Å². The van der Waals surface area contributed by atoms with E-state index in [0.717, 1.165) is 27.8 Å². The molecule has 0 saturated heterocycles. The van der Waals surface area contributed by atoms with Crippen molar-refractivity contribution in [1.29, 1.82) is 0 Å². The number of sulfonamides is 1. The zero-order valence-corrected chi connectivity index (χ0v) is 22.1. The molecule has 0 unspecified atom stereocenters. The first-order valence-corrected chi connectivity index (χ1v) is 13.6. The summed E-state index contributed by atoms with van der Waals surface area (Å²) in [5, 5.41) is 14.1. The van der Waals surface area contributed by atoms with Crippen LogP contribution in [0.5, 0.6) is 0 Å². The molecule has 0 spiro atoms. The van der Waals surface area contributed by atoms with Crippen molar-refractivity contribution in [3.05, 3.63) is 69.8 Å². The van der Waals surface area contributed by atoms with Crippen LogP contribution in [0.4, 0.5) is 11.4 Å². The summed E-state index contributed by atoms with van der Waals surface area (Å²) in [5.41, 5.74) is 1.51. The van der Waals surface area contributed by atoms with Gasteiger partial charge in [0.25, 0.3) is 5.69 Å². The second-order valence-corrected chi connectivity index (χ2v) is 10.7. The number of carbonyl (C=O) groups is 2. The Bertz CT molecular complexity index is 1180. The lowest BCUT2D eigenvalue weighted by Crippen LogP contribution is -2.53. The maximum atomic E-state index is 13.6. The summed E-state index contributed by atoms with van der Waals surface area (Å²) in [6.07, 6.45) is 1.95. The number of carbonyl (C=O) groups excluding carboxylic acids is 2. The van der Waals surface area contributed by atoms with Crippen molar-refractivity contribution in [2.75, 3.05) is 17.1 Å². The van der Waals surface area contributed by atoms with Crippen LogP contribution in [0.15, 0.2) is 48.5 Å². The molecule has 2 amide bonds. The molecule has 2 atom stereocenters. The minimum atomic E-state index is -3.98. The lowest BCUT2D eigenvalue weighted by molar-refractivity contribution is -0.384. The molecule has 11 heteroatoms. The minimum absolute atomic E-state index is 0.00700. The molecule has 2 rings (SSSR count). The molecule has 196 valence electrons. The van der Waals surface area contributed by atoms with E-state index >= 15 is 0 Å². The highest BCUT2D eigenvalue weighted by atomic mass is 32.2. The smallest absolute Gasteiger partial charge is 0.271 e. The molecule has 0 aliphatic rings. The fourth-order valence-corrected chi connectivity index (χ4v) is 4.47. The number of rotatable bonds is 12. The SMILES string of the molecule is CC[C@H](C)NC(=O)[C@H](CC)N(Cc1ccc(C)cc1)C(=O)CN(c1cccc([N+](=O)[O-])c1)S(C)(=O)=O. The fourth-order valence-electron chi connectivity index (χ4n) is 3.63. The van der Waals surface area contributed by atoms with Crippen LogP contribution in [-0.2, 0) is 26.2 Å². The van der Waals surface area contributed by atoms with Crippen LogP contribution in [-0.4, -0.2) is 54.9 Å². The number of aryl methyl sites for hydroxylation is 1. The first kappa shape index (κ1) is 28.8. The number of hydrogen-bond donors (Lipinski definition) is 1. The molecule has 1 N–H and O–H groups in total. The van der Waals surface area contributed by atoms with Gasteiger partial charge in [-0.05, 0) is 38.3 Å². The van der Waals surface area contributed by atoms with Crippen LogP contribution in [0.2, 0.25) is 0 Å². The van der Waals surface area contributed by atoms with Crippen molar-refractivity contribution in [1.82, 2.24) is 10.2 Å². The third-order valence-corrected chi connectivity index (χ3v) is 7.01. The van der Waals surface area contributed by atoms with E-state index in [0.29, 0.717) is 12.8 Å². The van der Waals surface area contributed by atoms with E-state index < -0.39 is 33.4 Å². The first-order chi connectivity index (χ1) is 16.9. The molecule has 0 aromatic heterocycles. The molecule has 36 heavy (non-hydrogen) atoms. The van der Waals surface area contributed by atoms with Gasteiger partial charge in [-0.25, -0.2) is 8.42 Å². The Morgan fingerprint density at radius 1 is 1.08 bits per heavy atom. The van der Waals surface area contributed by atoms with Gasteiger partial charge in [-0.1, -0.05) is 49.7 Å². The molecule has 0 aliphatic carbocycles. The monoisotopic (exact) mass is 518 g/mol. The summed E-state index contributed by atoms with van der Waals surface area (Å²) in [6, 6.07) is 11.6. The number of nitrogens with zero attached hydrogens (tertiary/aromatic N) is 3. The Labute approximate surface area is 212 Å². The third-order valence-electron chi connectivity index (χ3n) is 5.87. The maximum Gasteiger partial charge on any atom is 0.271 e. The Hall–Kier alpha value is -3.47. The summed E-state index contributed by atoms with van der Waals surface area (Å²) < 4.78 is 26.1. The topological polar surface area (TPSA) is 130 Å². The number of anilines is 1. The van der Waals surface area contributed by atoms with Crippen LogP contribution >= 0.6 is 0 Å². The maximum absolute atomic E-state index is 13.6. The Morgan fingerprint density at radius 3 is 2.25 bits per heavy atom. The summed E-state index contributed by atoms with van der Waals surface area (Å²) in [6.45, 7) is 7.00. The molecule has 0 heterocycles. The van der Waals surface area contributed by atoms with Crippen LogP contribution < -0.4 is 9.62 Å². The molecule has 2 aromatic rings. The van der Waals surface area contributed by atoms with Crippen LogP contribution in [0.3, 0.4) is 0 Å². The van der Waals surface area contributed by atoms with Gasteiger partial charge in [0.2, 0.25) is 21.8 Å². The molecule has 2 aromatic carbocycles. The molecular weight excluding hydrogens is 484 g/mol. The van der Waals surface area contributed by atoms with Gasteiger partial charge in [-0.2, -0.15) is 0 Å². The fraction of sp³-hybridized carbons (Fsp3) is 0.440. The number of nitrogens with one attached hydrogen (secondary N) is 1. The van der Waals surface area contributed by atoms with Crippen LogP contribution in [0, 0.1) is 17.0 Å². The van der Waals surface area contributed by atoms with Gasteiger partial charge in [-0.3, -0.25) is 24.0 Å². The van der Waals surface area contributed by atoms with E-state index in [1.54, 1.807) is 6.92 Å². The van der Waals surface area contributed by atoms with Crippen molar-refractivity contribution in [2.24, 2.45) is 0 Å². The predicted molar refractivity (Wildman–Crippen MR) is 139 cm³/mol. The summed E-state index contributed by atoms with van der Waals surface area (Å²) in [5.74, 6) is -0.924. The normalized spacial score (nSPS) is 12.9. The number of nitro benzene ring substituents is 1. The van der Waals surface area contributed by atoms with E-state index in [1.165, 1.54) is 23.1 Å². The third kappa shape index (κ3) is 7.77. The van der Waals surface area contributed by atoms with Gasteiger partial charge in [0, 0.05) is 24.7 Å². The number of nitro groups is 1. The van der Waals surface area contributed by atoms with Gasteiger partial charge >= 0.3 is 0 Å². The molecule has 0 fully saturated rings. The number of non-ortho nitro benzene ring substituents is 1. The quantitative estimate of drug-likeness (QED) is 0.339. The van der Waals surface area contributed by atoms with Crippen LogP contribution in [0.25, 0.3) is 0 Å². The zero-order chi connectivity index (χ0) is 27.0. The van der Waals surface area contributed by atoms with Gasteiger partial charge in [0.15, 0.2) is 0 Å². The second kappa shape index (κ2) is 12.5. The minimum Gasteiger partial charge on any atom is -0.352 e. The Morgan fingerprint density at radius 2 is 1.72 bits per heavy atom. The van der Waals surface area contributed by atoms with Gasteiger partial charge in [-0.15, -0.1) is 0 Å². The van der Waals surface area contributed by atoms with Crippen molar-refractivity contribution >= 4 is 33.2 Å². The highest BCUT2D eigenvalue weighted by Crippen LogP contribution is 2.24. The van der Waals surface area contributed by atoms with E-state index in [4.69, 9.17) is 0 Å². The Kier molecular flexibility index (Phi) is 9.97. The summed E-state index contributed by atoms with van der Waals surface area (Å²) in [4.78, 5) is 38.7. The van der Waals surface area contributed by atoms with Gasteiger partial charge in [0.05, 0.1) is 16.9 Å². The summed E-state index contributed by atoms with van der Waals surface area (Å²) in [7, 11) is -3.98. The predicted octanol–water partition coefficient (Wildman–Crippen LogP) is 3.39. The lowest BCUT2D eigenvalue weighted by atomic mass is 10.1. The van der Waals surface area contributed by atoms with E-state index in [2.05, 4.69) is 5.32 Å². The van der Waals surface area contributed by atoms with Crippen molar-refractivity contribution < 1.29 is 22.9 Å². The average molecular weight is 519 g/mol. The lowest BCUT2D eigenvalue weighted by Gasteiger charge is -2.33. The molecule has 0 aliphatic heterocycles.